The Morgan fingerprint density at radius 1 is 1.25 bits per heavy atom. The van der Waals surface area contributed by atoms with Crippen LogP contribution < -0.4 is 0 Å². The fourth-order valence-electron chi connectivity index (χ4n) is 2.24. The molecule has 0 bridgehead atoms. The first-order chi connectivity index (χ1) is 9.20. The summed E-state index contributed by atoms with van der Waals surface area (Å²) in [5.74, 6) is -0.378. The van der Waals surface area contributed by atoms with Crippen LogP contribution in [0.5, 0.6) is 0 Å². The van der Waals surface area contributed by atoms with Gasteiger partial charge in [-0.05, 0) is 30.4 Å². The lowest BCUT2D eigenvalue weighted by atomic mass is 9.85. The summed E-state index contributed by atoms with van der Waals surface area (Å²) < 4.78 is 0. The number of aryl methyl sites for hydroxylation is 2. The first kappa shape index (κ1) is 14.3. The number of imidazole rings is 1. The van der Waals surface area contributed by atoms with Crippen molar-refractivity contribution in [2.45, 2.75) is 40.0 Å². The number of benzene rings is 1. The van der Waals surface area contributed by atoms with E-state index in [1.165, 1.54) is 5.56 Å². The van der Waals surface area contributed by atoms with E-state index in [0.29, 0.717) is 11.5 Å². The highest BCUT2D eigenvalue weighted by atomic mass is 16.4. The molecule has 1 aromatic heterocycles. The number of carboxylic acid groups (broad SMARTS) is 1. The minimum atomic E-state index is -0.986. The van der Waals surface area contributed by atoms with E-state index in [0.717, 1.165) is 11.1 Å². The highest BCUT2D eigenvalue weighted by Crippen LogP contribution is 2.30. The second-order valence-corrected chi connectivity index (χ2v) is 6.13. The second kappa shape index (κ2) is 4.78. The zero-order valence-corrected chi connectivity index (χ0v) is 12.5. The first-order valence-electron chi connectivity index (χ1n) is 6.61. The summed E-state index contributed by atoms with van der Waals surface area (Å²) in [7, 11) is 0. The van der Waals surface area contributed by atoms with E-state index in [2.05, 4.69) is 36.8 Å². The number of aromatic amines is 1. The topological polar surface area (TPSA) is 66.0 Å². The SMILES string of the molecule is Cc1nc(-c2ccc(C(C)(C)C)cc2C)c(C(=O)O)[nH]1. The molecule has 0 atom stereocenters. The van der Waals surface area contributed by atoms with Gasteiger partial charge in [0.2, 0.25) is 0 Å². The number of rotatable bonds is 2. The van der Waals surface area contributed by atoms with Crippen LogP contribution in [0.15, 0.2) is 18.2 Å². The van der Waals surface area contributed by atoms with Crippen molar-refractivity contribution in [3.8, 4) is 11.3 Å². The molecule has 0 radical (unpaired) electrons. The summed E-state index contributed by atoms with van der Waals surface area (Å²) in [6.07, 6.45) is 0. The van der Waals surface area contributed by atoms with Crippen molar-refractivity contribution in [1.82, 2.24) is 9.97 Å². The van der Waals surface area contributed by atoms with Crippen LogP contribution >= 0.6 is 0 Å². The van der Waals surface area contributed by atoms with Crippen LogP contribution in [0.4, 0.5) is 0 Å². The van der Waals surface area contributed by atoms with Gasteiger partial charge in [-0.3, -0.25) is 0 Å². The smallest absolute Gasteiger partial charge is 0.354 e. The minimum Gasteiger partial charge on any atom is -0.477 e. The summed E-state index contributed by atoms with van der Waals surface area (Å²) in [6, 6.07) is 6.10. The van der Waals surface area contributed by atoms with Crippen LogP contribution in [0, 0.1) is 13.8 Å². The van der Waals surface area contributed by atoms with Gasteiger partial charge in [0.1, 0.15) is 11.5 Å². The van der Waals surface area contributed by atoms with Crippen LogP contribution in [0.3, 0.4) is 0 Å². The average molecular weight is 272 g/mol. The molecular weight excluding hydrogens is 252 g/mol. The molecule has 0 saturated carbocycles. The largest absolute Gasteiger partial charge is 0.477 e. The van der Waals surface area contributed by atoms with Gasteiger partial charge in [0, 0.05) is 5.56 Å². The predicted octanol–water partition coefficient (Wildman–Crippen LogP) is 3.69. The Bertz CT molecular complexity index is 664. The number of aromatic carboxylic acids is 1. The number of hydrogen-bond donors (Lipinski definition) is 2. The molecule has 0 saturated heterocycles. The molecule has 4 heteroatoms. The van der Waals surface area contributed by atoms with E-state index in [1.807, 2.05) is 19.1 Å². The van der Waals surface area contributed by atoms with E-state index < -0.39 is 5.97 Å². The van der Waals surface area contributed by atoms with Crippen molar-refractivity contribution < 1.29 is 9.90 Å². The lowest BCUT2D eigenvalue weighted by Crippen LogP contribution is -2.11. The van der Waals surface area contributed by atoms with Gasteiger partial charge in [-0.2, -0.15) is 0 Å². The molecule has 1 heterocycles. The van der Waals surface area contributed by atoms with Crippen LogP contribution in [0.25, 0.3) is 11.3 Å². The van der Waals surface area contributed by atoms with Crippen molar-refractivity contribution in [2.24, 2.45) is 0 Å². The Hall–Kier alpha value is -2.10. The van der Waals surface area contributed by atoms with Gasteiger partial charge in [-0.15, -0.1) is 0 Å². The number of nitrogens with zero attached hydrogens (tertiary/aromatic N) is 1. The van der Waals surface area contributed by atoms with Crippen molar-refractivity contribution in [3.63, 3.8) is 0 Å². The fraction of sp³-hybridized carbons (Fsp3) is 0.375. The van der Waals surface area contributed by atoms with Gasteiger partial charge >= 0.3 is 5.97 Å². The van der Waals surface area contributed by atoms with Crippen molar-refractivity contribution >= 4 is 5.97 Å². The number of aromatic nitrogens is 2. The standard InChI is InChI=1S/C16H20N2O2/c1-9-8-11(16(3,4)5)6-7-12(9)13-14(15(19)20)18-10(2)17-13/h6-8H,1-5H3,(H,17,18)(H,19,20). The molecular formula is C16H20N2O2. The zero-order valence-electron chi connectivity index (χ0n) is 12.5. The third-order valence-electron chi connectivity index (χ3n) is 3.38. The quantitative estimate of drug-likeness (QED) is 0.876. The van der Waals surface area contributed by atoms with E-state index >= 15 is 0 Å². The second-order valence-electron chi connectivity index (χ2n) is 6.13. The monoisotopic (exact) mass is 272 g/mol. The molecule has 0 aliphatic carbocycles. The lowest BCUT2D eigenvalue weighted by molar-refractivity contribution is 0.0692. The predicted molar refractivity (Wildman–Crippen MR) is 79.2 cm³/mol. The first-order valence-corrected chi connectivity index (χ1v) is 6.61. The molecule has 4 nitrogen and oxygen atoms in total. The van der Waals surface area contributed by atoms with Gasteiger partial charge in [0.05, 0.1) is 0 Å². The fourth-order valence-corrected chi connectivity index (χ4v) is 2.24. The molecule has 0 unspecified atom stereocenters. The summed E-state index contributed by atoms with van der Waals surface area (Å²) in [4.78, 5) is 18.4. The molecule has 1 aromatic carbocycles. The highest BCUT2D eigenvalue weighted by molar-refractivity contribution is 5.93. The normalized spacial score (nSPS) is 11.7. The summed E-state index contributed by atoms with van der Waals surface area (Å²) in [6.45, 7) is 10.2. The Balaban J connectivity index is 2.57. The highest BCUT2D eigenvalue weighted by Gasteiger charge is 2.20. The number of carboxylic acids is 1. The number of nitrogens with one attached hydrogen (secondary N) is 1. The zero-order chi connectivity index (χ0) is 15.1. The van der Waals surface area contributed by atoms with Gasteiger partial charge in [0.25, 0.3) is 0 Å². The van der Waals surface area contributed by atoms with Gasteiger partial charge < -0.3 is 10.1 Å². The number of hydrogen-bond acceptors (Lipinski definition) is 2. The number of H-pyrrole nitrogens is 1. The van der Waals surface area contributed by atoms with E-state index in [1.54, 1.807) is 6.92 Å². The summed E-state index contributed by atoms with van der Waals surface area (Å²) in [5, 5.41) is 9.24. The lowest BCUT2D eigenvalue weighted by Gasteiger charge is -2.20. The van der Waals surface area contributed by atoms with Crippen molar-refractivity contribution in [1.29, 1.82) is 0 Å². The molecule has 20 heavy (non-hydrogen) atoms. The molecule has 0 aliphatic rings. The maximum atomic E-state index is 11.3. The molecule has 2 N–H and O–H groups in total. The molecule has 0 amide bonds. The van der Waals surface area contributed by atoms with Crippen LogP contribution in [0.2, 0.25) is 0 Å². The molecule has 0 aliphatic heterocycles. The molecule has 2 aromatic rings. The van der Waals surface area contributed by atoms with E-state index in [4.69, 9.17) is 0 Å². The maximum absolute atomic E-state index is 11.3. The van der Waals surface area contributed by atoms with E-state index in [9.17, 15) is 9.90 Å². The third kappa shape index (κ3) is 2.59. The van der Waals surface area contributed by atoms with Crippen molar-refractivity contribution in [3.05, 3.63) is 40.8 Å². The van der Waals surface area contributed by atoms with Gasteiger partial charge in [0.15, 0.2) is 5.69 Å². The average Bonchev–Trinajstić information content (AvgIpc) is 2.70. The molecule has 0 fully saturated rings. The molecule has 106 valence electrons. The summed E-state index contributed by atoms with van der Waals surface area (Å²) in [5.41, 5.74) is 3.84. The van der Waals surface area contributed by atoms with Crippen LogP contribution in [0.1, 0.15) is 48.2 Å². The maximum Gasteiger partial charge on any atom is 0.354 e. The third-order valence-corrected chi connectivity index (χ3v) is 3.38. The minimum absolute atomic E-state index is 0.0699. The van der Waals surface area contributed by atoms with Crippen molar-refractivity contribution in [2.75, 3.05) is 0 Å². The summed E-state index contributed by atoms with van der Waals surface area (Å²) >= 11 is 0. The van der Waals surface area contributed by atoms with Gasteiger partial charge in [-0.1, -0.05) is 39.0 Å². The van der Waals surface area contributed by atoms with Crippen LogP contribution in [-0.2, 0) is 5.41 Å². The van der Waals surface area contributed by atoms with Gasteiger partial charge in [-0.25, -0.2) is 9.78 Å². The Kier molecular flexibility index (Phi) is 3.42. The number of carbonyl (C=O) groups is 1. The molecule has 0 spiro atoms. The Morgan fingerprint density at radius 2 is 1.90 bits per heavy atom. The Labute approximate surface area is 118 Å². The Morgan fingerprint density at radius 3 is 2.40 bits per heavy atom. The van der Waals surface area contributed by atoms with E-state index in [-0.39, 0.29) is 11.1 Å². The van der Waals surface area contributed by atoms with Crippen LogP contribution in [-0.4, -0.2) is 21.0 Å². The molecule has 2 rings (SSSR count).